The average Bonchev–Trinajstić information content (AvgIpc) is 2.96. The van der Waals surface area contributed by atoms with Crippen molar-refractivity contribution in [1.29, 1.82) is 0 Å². The van der Waals surface area contributed by atoms with Crippen LogP contribution >= 0.6 is 34.7 Å². The first-order valence-electron chi connectivity index (χ1n) is 5.19. The molecular formula is C9H8ClN7S2. The molecule has 0 radical (unpaired) electrons. The summed E-state index contributed by atoms with van der Waals surface area (Å²) in [4.78, 5) is 10.2. The normalized spacial score (nSPS) is 11.1. The van der Waals surface area contributed by atoms with Gasteiger partial charge in [-0.05, 0) is 23.4 Å². The van der Waals surface area contributed by atoms with Crippen LogP contribution in [0.4, 0.5) is 5.13 Å². The molecular weight excluding hydrogens is 306 g/mol. The van der Waals surface area contributed by atoms with Crippen molar-refractivity contribution in [3.05, 3.63) is 11.5 Å². The minimum Gasteiger partial charge on any atom is -0.353 e. The molecule has 7 nitrogen and oxygen atoms in total. The van der Waals surface area contributed by atoms with Gasteiger partial charge in [0.1, 0.15) is 5.03 Å². The molecule has 0 saturated carbocycles. The lowest BCUT2D eigenvalue weighted by Crippen LogP contribution is -2.07. The molecule has 98 valence electrons. The topological polar surface area (TPSA) is 83.5 Å². The molecule has 0 bridgehead atoms. The van der Waals surface area contributed by atoms with Crippen LogP contribution in [0.2, 0.25) is 5.28 Å². The van der Waals surface area contributed by atoms with Gasteiger partial charge in [-0.25, -0.2) is 4.98 Å². The van der Waals surface area contributed by atoms with Gasteiger partial charge in [-0.2, -0.15) is 10.1 Å². The first-order chi connectivity index (χ1) is 9.13. The summed E-state index contributed by atoms with van der Waals surface area (Å²) in [7, 11) is 3.84. The SMILES string of the molecule is CN(C)c1nnc(Sc2nc(Cl)nc3[nH]ncc23)s1. The largest absolute Gasteiger partial charge is 0.353 e. The second-order valence-electron chi connectivity index (χ2n) is 3.78. The highest BCUT2D eigenvalue weighted by Crippen LogP contribution is 2.35. The van der Waals surface area contributed by atoms with E-state index < -0.39 is 0 Å². The highest BCUT2D eigenvalue weighted by molar-refractivity contribution is 8.01. The van der Waals surface area contributed by atoms with Crippen molar-refractivity contribution >= 4 is 50.9 Å². The molecule has 0 spiro atoms. The first-order valence-corrected chi connectivity index (χ1v) is 7.20. The van der Waals surface area contributed by atoms with Crippen LogP contribution in [0.25, 0.3) is 11.0 Å². The number of aromatic amines is 1. The van der Waals surface area contributed by atoms with Crippen LogP contribution in [0.5, 0.6) is 0 Å². The summed E-state index contributed by atoms with van der Waals surface area (Å²) < 4.78 is 0.793. The van der Waals surface area contributed by atoms with Crippen molar-refractivity contribution < 1.29 is 0 Å². The van der Waals surface area contributed by atoms with Gasteiger partial charge in [0.05, 0.1) is 11.6 Å². The Kier molecular flexibility index (Phi) is 3.25. The fourth-order valence-electron chi connectivity index (χ4n) is 1.37. The van der Waals surface area contributed by atoms with Gasteiger partial charge in [-0.1, -0.05) is 11.3 Å². The highest BCUT2D eigenvalue weighted by atomic mass is 35.5. The maximum atomic E-state index is 5.88. The number of fused-ring (bicyclic) bond motifs is 1. The van der Waals surface area contributed by atoms with E-state index in [2.05, 4.69) is 30.4 Å². The number of nitrogens with one attached hydrogen (secondary N) is 1. The number of anilines is 1. The van der Waals surface area contributed by atoms with E-state index in [-0.39, 0.29) is 5.28 Å². The molecule has 3 rings (SSSR count). The lowest BCUT2D eigenvalue weighted by Gasteiger charge is -2.03. The van der Waals surface area contributed by atoms with Crippen LogP contribution in [-0.2, 0) is 0 Å². The minimum absolute atomic E-state index is 0.177. The van der Waals surface area contributed by atoms with Crippen LogP contribution in [0, 0.1) is 0 Å². The molecule has 0 aromatic carbocycles. The number of nitrogens with zero attached hydrogens (tertiary/aromatic N) is 6. The van der Waals surface area contributed by atoms with Crippen LogP contribution < -0.4 is 4.90 Å². The number of rotatable bonds is 3. The monoisotopic (exact) mass is 313 g/mol. The van der Waals surface area contributed by atoms with Crippen molar-refractivity contribution in [2.45, 2.75) is 9.37 Å². The van der Waals surface area contributed by atoms with Crippen LogP contribution in [0.1, 0.15) is 0 Å². The van der Waals surface area contributed by atoms with E-state index in [4.69, 9.17) is 11.6 Å². The van der Waals surface area contributed by atoms with E-state index in [0.29, 0.717) is 10.7 Å². The zero-order valence-corrected chi connectivity index (χ0v) is 12.3. The average molecular weight is 314 g/mol. The quantitative estimate of drug-likeness (QED) is 0.585. The Morgan fingerprint density at radius 1 is 1.32 bits per heavy atom. The highest BCUT2D eigenvalue weighted by Gasteiger charge is 2.13. The Labute approximate surface area is 121 Å². The van der Waals surface area contributed by atoms with Crippen molar-refractivity contribution in [2.24, 2.45) is 0 Å². The van der Waals surface area contributed by atoms with E-state index >= 15 is 0 Å². The number of H-pyrrole nitrogens is 1. The van der Waals surface area contributed by atoms with Gasteiger partial charge in [0.15, 0.2) is 9.99 Å². The number of halogens is 1. The molecule has 0 aliphatic carbocycles. The summed E-state index contributed by atoms with van der Waals surface area (Å²) in [6.07, 6.45) is 1.67. The molecule has 0 unspecified atom stereocenters. The summed E-state index contributed by atoms with van der Waals surface area (Å²) in [5, 5.41) is 17.4. The van der Waals surface area contributed by atoms with Gasteiger partial charge in [-0.3, -0.25) is 5.10 Å². The van der Waals surface area contributed by atoms with E-state index in [1.165, 1.54) is 23.1 Å². The third-order valence-corrected chi connectivity index (χ3v) is 4.53. The Balaban J connectivity index is 1.97. The third-order valence-electron chi connectivity index (χ3n) is 2.21. The van der Waals surface area contributed by atoms with Crippen molar-refractivity contribution in [2.75, 3.05) is 19.0 Å². The Bertz CT molecular complexity index is 722. The van der Waals surface area contributed by atoms with Crippen molar-refractivity contribution in [3.8, 4) is 0 Å². The third kappa shape index (κ3) is 2.48. The van der Waals surface area contributed by atoms with E-state index in [1.54, 1.807) is 6.20 Å². The molecule has 0 aliphatic heterocycles. The molecule has 0 fully saturated rings. The summed E-state index contributed by atoms with van der Waals surface area (Å²) in [5.41, 5.74) is 0.611. The van der Waals surface area contributed by atoms with E-state index in [0.717, 1.165) is 14.9 Å². The van der Waals surface area contributed by atoms with Crippen LogP contribution in [0.15, 0.2) is 15.6 Å². The Morgan fingerprint density at radius 2 is 2.16 bits per heavy atom. The molecule has 19 heavy (non-hydrogen) atoms. The first kappa shape index (κ1) is 12.6. The Hall–Kier alpha value is -1.45. The van der Waals surface area contributed by atoms with Gasteiger partial charge in [0.25, 0.3) is 0 Å². The zero-order valence-electron chi connectivity index (χ0n) is 9.96. The molecule has 0 amide bonds. The van der Waals surface area contributed by atoms with E-state index in [1.807, 2.05) is 19.0 Å². The minimum atomic E-state index is 0.177. The molecule has 3 aromatic rings. The molecule has 1 N–H and O–H groups in total. The summed E-state index contributed by atoms with van der Waals surface area (Å²) in [6, 6.07) is 0. The molecule has 10 heteroatoms. The maximum absolute atomic E-state index is 5.88. The van der Waals surface area contributed by atoms with Crippen molar-refractivity contribution in [1.82, 2.24) is 30.4 Å². The lowest BCUT2D eigenvalue weighted by molar-refractivity contribution is 0.970. The summed E-state index contributed by atoms with van der Waals surface area (Å²) in [5.74, 6) is 0. The number of hydrogen-bond acceptors (Lipinski definition) is 8. The molecule has 3 aromatic heterocycles. The van der Waals surface area contributed by atoms with E-state index in [9.17, 15) is 0 Å². The van der Waals surface area contributed by atoms with Gasteiger partial charge in [0, 0.05) is 14.1 Å². The predicted octanol–water partition coefficient (Wildman–Crippen LogP) is 2.07. The predicted molar refractivity (Wildman–Crippen MR) is 75.1 cm³/mol. The van der Waals surface area contributed by atoms with Gasteiger partial charge < -0.3 is 4.90 Å². The van der Waals surface area contributed by atoms with Gasteiger partial charge in [0.2, 0.25) is 10.4 Å². The summed E-state index contributed by atoms with van der Waals surface area (Å²) >= 11 is 8.76. The Morgan fingerprint density at radius 3 is 2.89 bits per heavy atom. The standard InChI is InChI=1S/C9H8ClN7S2/c1-17(2)8-15-16-9(19-8)18-6-4-3-11-14-5(4)12-7(10)13-6/h3H,1-2H3,(H,11,12,13,14). The van der Waals surface area contributed by atoms with Gasteiger partial charge >= 0.3 is 0 Å². The maximum Gasteiger partial charge on any atom is 0.225 e. The number of hydrogen-bond donors (Lipinski definition) is 1. The second-order valence-corrected chi connectivity index (χ2v) is 6.31. The smallest absolute Gasteiger partial charge is 0.225 e. The molecule has 0 atom stereocenters. The molecule has 0 aliphatic rings. The summed E-state index contributed by atoms with van der Waals surface area (Å²) in [6.45, 7) is 0. The zero-order chi connectivity index (χ0) is 13.4. The molecule has 0 saturated heterocycles. The second kappa shape index (κ2) is 4.91. The number of aromatic nitrogens is 6. The van der Waals surface area contributed by atoms with Crippen LogP contribution in [-0.4, -0.2) is 44.5 Å². The molecule has 3 heterocycles. The van der Waals surface area contributed by atoms with Crippen molar-refractivity contribution in [3.63, 3.8) is 0 Å². The van der Waals surface area contributed by atoms with Gasteiger partial charge in [-0.15, -0.1) is 10.2 Å². The van der Waals surface area contributed by atoms with Crippen LogP contribution in [0.3, 0.4) is 0 Å². The fraction of sp³-hybridized carbons (Fsp3) is 0.222. The lowest BCUT2D eigenvalue weighted by atomic mass is 10.4. The fourth-order valence-corrected chi connectivity index (χ4v) is 3.35.